The Hall–Kier alpha value is -0.880. The lowest BCUT2D eigenvalue weighted by Crippen LogP contribution is -2.16. The number of nitrogens with zero attached hydrogens (tertiary/aromatic N) is 2. The smallest absolute Gasteiger partial charge is 0.0637 e. The van der Waals surface area contributed by atoms with Crippen LogP contribution in [-0.2, 0) is 20.0 Å². The van der Waals surface area contributed by atoms with E-state index in [9.17, 15) is 0 Å². The lowest BCUT2D eigenvalue weighted by atomic mass is 10.2. The zero-order valence-electron chi connectivity index (χ0n) is 9.86. The molecule has 1 N–H and O–H groups in total. The minimum Gasteiger partial charge on any atom is -0.312 e. The fraction of sp³-hybridized carbons (Fsp3) is 0.308. The number of rotatable bonds is 5. The van der Waals surface area contributed by atoms with Gasteiger partial charge in [-0.1, -0.05) is 12.1 Å². The first-order chi connectivity index (χ1) is 8.24. The number of aromatic nitrogens is 2. The number of halogens is 1. The molecule has 0 fully saturated rings. The van der Waals surface area contributed by atoms with Crippen LogP contribution in [-0.4, -0.2) is 16.3 Å². The van der Waals surface area contributed by atoms with Gasteiger partial charge in [0, 0.05) is 36.3 Å². The molecule has 0 bridgehead atoms. The Kier molecular flexibility index (Phi) is 4.56. The van der Waals surface area contributed by atoms with E-state index in [0.29, 0.717) is 0 Å². The standard InChI is InChI=1S/C13H16IN3/c1-17-9-7-13(16-17)6-8-15-10-11-2-4-12(14)5-3-11/h2-5,7,9,15H,6,8,10H2,1H3. The molecule has 1 aromatic heterocycles. The predicted octanol–water partition coefficient (Wildman–Crippen LogP) is 2.36. The van der Waals surface area contributed by atoms with Gasteiger partial charge in [0.25, 0.3) is 0 Å². The van der Waals surface area contributed by atoms with E-state index in [-0.39, 0.29) is 0 Å². The monoisotopic (exact) mass is 341 g/mol. The topological polar surface area (TPSA) is 29.9 Å². The molecule has 4 heteroatoms. The van der Waals surface area contributed by atoms with E-state index >= 15 is 0 Å². The summed E-state index contributed by atoms with van der Waals surface area (Å²) < 4.78 is 3.12. The van der Waals surface area contributed by atoms with Gasteiger partial charge in [0.1, 0.15) is 0 Å². The van der Waals surface area contributed by atoms with Crippen molar-refractivity contribution in [2.75, 3.05) is 6.54 Å². The van der Waals surface area contributed by atoms with Crippen LogP contribution in [0.1, 0.15) is 11.3 Å². The average Bonchev–Trinajstić information content (AvgIpc) is 2.73. The fourth-order valence-corrected chi connectivity index (χ4v) is 2.01. The first-order valence-corrected chi connectivity index (χ1v) is 6.75. The summed E-state index contributed by atoms with van der Waals surface area (Å²) in [5, 5.41) is 7.77. The summed E-state index contributed by atoms with van der Waals surface area (Å²) in [6, 6.07) is 10.7. The highest BCUT2D eigenvalue weighted by Crippen LogP contribution is 2.06. The lowest BCUT2D eigenvalue weighted by molar-refractivity contribution is 0.665. The maximum atomic E-state index is 4.34. The molecule has 0 aliphatic rings. The Morgan fingerprint density at radius 3 is 2.65 bits per heavy atom. The predicted molar refractivity (Wildman–Crippen MR) is 77.8 cm³/mol. The van der Waals surface area contributed by atoms with Crippen LogP contribution in [0.4, 0.5) is 0 Å². The third kappa shape index (κ3) is 4.12. The van der Waals surface area contributed by atoms with E-state index in [1.807, 2.05) is 17.9 Å². The van der Waals surface area contributed by atoms with Crippen LogP contribution in [0.5, 0.6) is 0 Å². The number of hydrogen-bond acceptors (Lipinski definition) is 2. The second-order valence-electron chi connectivity index (χ2n) is 4.03. The van der Waals surface area contributed by atoms with Gasteiger partial charge in [0.05, 0.1) is 5.69 Å². The minimum absolute atomic E-state index is 0.920. The van der Waals surface area contributed by atoms with Crippen molar-refractivity contribution in [1.29, 1.82) is 0 Å². The van der Waals surface area contributed by atoms with E-state index in [1.165, 1.54) is 9.13 Å². The molecule has 17 heavy (non-hydrogen) atoms. The van der Waals surface area contributed by atoms with Gasteiger partial charge in [-0.05, 0) is 46.4 Å². The summed E-state index contributed by atoms with van der Waals surface area (Å²) in [5.41, 5.74) is 2.47. The Bertz CT molecular complexity index is 462. The summed E-state index contributed by atoms with van der Waals surface area (Å²) in [7, 11) is 1.95. The molecule has 3 nitrogen and oxygen atoms in total. The summed E-state index contributed by atoms with van der Waals surface area (Å²) in [6.07, 6.45) is 2.96. The number of aryl methyl sites for hydroxylation is 1. The number of benzene rings is 1. The summed E-state index contributed by atoms with van der Waals surface area (Å²) in [5.74, 6) is 0. The molecule has 0 aliphatic heterocycles. The Labute approximate surface area is 115 Å². The molecule has 0 saturated carbocycles. The third-order valence-corrected chi connectivity index (χ3v) is 3.29. The van der Waals surface area contributed by atoms with Crippen LogP contribution < -0.4 is 5.32 Å². The number of hydrogen-bond donors (Lipinski definition) is 1. The minimum atomic E-state index is 0.920. The summed E-state index contributed by atoms with van der Waals surface area (Å²) in [6.45, 7) is 1.88. The van der Waals surface area contributed by atoms with Crippen LogP contribution >= 0.6 is 22.6 Å². The van der Waals surface area contributed by atoms with Crippen LogP contribution in [0.25, 0.3) is 0 Å². The molecular formula is C13H16IN3. The van der Waals surface area contributed by atoms with Crippen LogP contribution in [0.2, 0.25) is 0 Å². The lowest BCUT2D eigenvalue weighted by Gasteiger charge is -2.03. The Morgan fingerprint density at radius 1 is 1.24 bits per heavy atom. The zero-order valence-corrected chi connectivity index (χ0v) is 12.0. The molecule has 1 aromatic carbocycles. The van der Waals surface area contributed by atoms with Gasteiger partial charge in [-0.2, -0.15) is 5.10 Å². The third-order valence-electron chi connectivity index (χ3n) is 2.57. The van der Waals surface area contributed by atoms with Gasteiger partial charge in [0.15, 0.2) is 0 Å². The maximum Gasteiger partial charge on any atom is 0.0637 e. The largest absolute Gasteiger partial charge is 0.312 e. The summed E-state index contributed by atoms with van der Waals surface area (Å²) in [4.78, 5) is 0. The van der Waals surface area contributed by atoms with Crippen molar-refractivity contribution in [3.63, 3.8) is 0 Å². The Morgan fingerprint density at radius 2 is 2.00 bits per heavy atom. The van der Waals surface area contributed by atoms with Crippen molar-refractivity contribution in [2.24, 2.45) is 7.05 Å². The highest BCUT2D eigenvalue weighted by atomic mass is 127. The highest BCUT2D eigenvalue weighted by molar-refractivity contribution is 14.1. The molecule has 1 heterocycles. The molecule has 2 aromatic rings. The SMILES string of the molecule is Cn1ccc(CCNCc2ccc(I)cc2)n1. The van der Waals surface area contributed by atoms with Gasteiger partial charge in [-0.25, -0.2) is 0 Å². The second kappa shape index (κ2) is 6.16. The molecule has 0 unspecified atom stereocenters. The molecule has 0 amide bonds. The van der Waals surface area contributed by atoms with Crippen molar-refractivity contribution < 1.29 is 0 Å². The number of nitrogens with one attached hydrogen (secondary N) is 1. The van der Waals surface area contributed by atoms with Crippen LogP contribution in [0.15, 0.2) is 36.5 Å². The van der Waals surface area contributed by atoms with Crippen molar-refractivity contribution in [1.82, 2.24) is 15.1 Å². The van der Waals surface area contributed by atoms with Gasteiger partial charge >= 0.3 is 0 Å². The molecule has 90 valence electrons. The molecule has 2 rings (SSSR count). The summed E-state index contributed by atoms with van der Waals surface area (Å²) >= 11 is 2.32. The van der Waals surface area contributed by atoms with E-state index in [1.54, 1.807) is 0 Å². The van der Waals surface area contributed by atoms with Gasteiger partial charge in [-0.3, -0.25) is 4.68 Å². The first-order valence-electron chi connectivity index (χ1n) is 5.68. The quantitative estimate of drug-likeness (QED) is 0.668. The van der Waals surface area contributed by atoms with Crippen molar-refractivity contribution in [3.05, 3.63) is 51.4 Å². The Balaban J connectivity index is 1.71. The van der Waals surface area contributed by atoms with Crippen molar-refractivity contribution in [2.45, 2.75) is 13.0 Å². The van der Waals surface area contributed by atoms with Crippen LogP contribution in [0.3, 0.4) is 0 Å². The average molecular weight is 341 g/mol. The van der Waals surface area contributed by atoms with E-state index in [0.717, 1.165) is 25.2 Å². The maximum absolute atomic E-state index is 4.34. The molecule has 0 saturated heterocycles. The second-order valence-corrected chi connectivity index (χ2v) is 5.28. The van der Waals surface area contributed by atoms with Crippen molar-refractivity contribution in [3.8, 4) is 0 Å². The van der Waals surface area contributed by atoms with Crippen molar-refractivity contribution >= 4 is 22.6 Å². The highest BCUT2D eigenvalue weighted by Gasteiger charge is 1.97. The van der Waals surface area contributed by atoms with Gasteiger partial charge in [0.2, 0.25) is 0 Å². The van der Waals surface area contributed by atoms with Crippen LogP contribution in [0, 0.1) is 3.57 Å². The molecule has 0 aliphatic carbocycles. The molecule has 0 radical (unpaired) electrons. The first kappa shape index (κ1) is 12.6. The van der Waals surface area contributed by atoms with E-state index in [4.69, 9.17) is 0 Å². The van der Waals surface area contributed by atoms with E-state index < -0.39 is 0 Å². The van der Waals surface area contributed by atoms with Gasteiger partial charge in [-0.15, -0.1) is 0 Å². The molecule has 0 spiro atoms. The molecule has 0 atom stereocenters. The van der Waals surface area contributed by atoms with Gasteiger partial charge < -0.3 is 5.32 Å². The zero-order chi connectivity index (χ0) is 12.1. The van der Waals surface area contributed by atoms with E-state index in [2.05, 4.69) is 63.3 Å². The molecular weight excluding hydrogens is 325 g/mol. The fourth-order valence-electron chi connectivity index (χ4n) is 1.65. The normalized spacial score (nSPS) is 10.7.